The van der Waals surface area contributed by atoms with E-state index in [1.165, 1.54) is 6.08 Å². The summed E-state index contributed by atoms with van der Waals surface area (Å²) in [5.41, 5.74) is 0.606. The summed E-state index contributed by atoms with van der Waals surface area (Å²) >= 11 is 5.48. The molecule has 4 heteroatoms. The summed E-state index contributed by atoms with van der Waals surface area (Å²) in [4.78, 5) is 0. The van der Waals surface area contributed by atoms with Gasteiger partial charge in [0.25, 0.3) is 0 Å². The van der Waals surface area contributed by atoms with Gasteiger partial charge in [0.2, 0.25) is 0 Å². The normalized spacial score (nSPS) is 30.2. The first-order chi connectivity index (χ1) is 5.41. The van der Waals surface area contributed by atoms with Crippen LogP contribution in [0.2, 0.25) is 0 Å². The van der Waals surface area contributed by atoms with Crippen LogP contribution in [0, 0.1) is 5.92 Å². The van der Waals surface area contributed by atoms with Gasteiger partial charge in [0.15, 0.2) is 0 Å². The van der Waals surface area contributed by atoms with Gasteiger partial charge in [-0.1, -0.05) is 23.8 Å². The van der Waals surface area contributed by atoms with Crippen molar-refractivity contribution >= 4 is 11.6 Å². The Morgan fingerprint density at radius 3 is 2.42 bits per heavy atom. The lowest BCUT2D eigenvalue weighted by atomic mass is 9.96. The first-order valence-electron chi connectivity index (χ1n) is 3.48. The average molecular weight is 197 g/mol. The molecule has 0 aromatic carbocycles. The van der Waals surface area contributed by atoms with Gasteiger partial charge < -0.3 is 0 Å². The Labute approximate surface area is 73.7 Å². The average Bonchev–Trinajstić information content (AvgIpc) is 1.92. The first-order valence-corrected chi connectivity index (χ1v) is 3.92. The molecule has 0 aromatic rings. The second-order valence-corrected chi connectivity index (χ2v) is 3.29. The second kappa shape index (κ2) is 3.13. The molecular weight excluding hydrogens is 189 g/mol. The molecule has 0 saturated carbocycles. The van der Waals surface area contributed by atoms with E-state index in [0.717, 1.165) is 6.08 Å². The minimum Gasteiger partial charge on any atom is -0.170 e. The van der Waals surface area contributed by atoms with E-state index >= 15 is 0 Å². The van der Waals surface area contributed by atoms with Crippen LogP contribution >= 0.6 is 11.6 Å². The largest absolute Gasteiger partial charge is 0.396 e. The fraction of sp³-hybridized carbons (Fsp3) is 0.500. The Bertz CT molecular complexity index is 227. The van der Waals surface area contributed by atoms with Gasteiger partial charge in [-0.05, 0) is 6.92 Å². The number of hydrogen-bond donors (Lipinski definition) is 0. The molecule has 12 heavy (non-hydrogen) atoms. The molecule has 0 aromatic heterocycles. The molecule has 0 radical (unpaired) electrons. The lowest BCUT2D eigenvalue weighted by molar-refractivity contribution is -0.159. The van der Waals surface area contributed by atoms with Gasteiger partial charge in [-0.25, -0.2) is 0 Å². The number of allylic oxidation sites excluding steroid dienone is 4. The maximum absolute atomic E-state index is 12.2. The molecule has 2 unspecified atom stereocenters. The molecule has 0 fully saturated rings. The Balaban J connectivity index is 2.85. The zero-order valence-corrected chi connectivity index (χ0v) is 7.15. The van der Waals surface area contributed by atoms with E-state index < -0.39 is 17.5 Å². The van der Waals surface area contributed by atoms with Crippen molar-refractivity contribution < 1.29 is 13.2 Å². The zero-order chi connectivity index (χ0) is 9.35. The van der Waals surface area contributed by atoms with Crippen molar-refractivity contribution in [2.24, 2.45) is 5.92 Å². The van der Waals surface area contributed by atoms with Gasteiger partial charge in [-0.2, -0.15) is 13.2 Å². The zero-order valence-electron chi connectivity index (χ0n) is 6.40. The van der Waals surface area contributed by atoms with Crippen molar-refractivity contribution in [2.75, 3.05) is 0 Å². The SMILES string of the molecule is CC1=CC(C(F)(F)F)C(Cl)C=C1. The summed E-state index contributed by atoms with van der Waals surface area (Å²) < 4.78 is 36.6. The van der Waals surface area contributed by atoms with E-state index in [0.29, 0.717) is 5.57 Å². The Kier molecular flexibility index (Phi) is 2.52. The van der Waals surface area contributed by atoms with E-state index in [2.05, 4.69) is 0 Å². The van der Waals surface area contributed by atoms with Gasteiger partial charge in [-0.15, -0.1) is 11.6 Å². The Hall–Kier alpha value is -0.440. The van der Waals surface area contributed by atoms with Crippen molar-refractivity contribution in [3.05, 3.63) is 23.8 Å². The van der Waals surface area contributed by atoms with Gasteiger partial charge >= 0.3 is 6.18 Å². The van der Waals surface area contributed by atoms with Crippen LogP contribution in [-0.4, -0.2) is 11.6 Å². The molecule has 0 nitrogen and oxygen atoms in total. The number of alkyl halides is 4. The molecule has 0 amide bonds. The summed E-state index contributed by atoms with van der Waals surface area (Å²) in [6, 6.07) is 0. The van der Waals surface area contributed by atoms with E-state index in [4.69, 9.17) is 11.6 Å². The quantitative estimate of drug-likeness (QED) is 0.522. The van der Waals surface area contributed by atoms with E-state index in [9.17, 15) is 13.2 Å². The number of halogens is 4. The van der Waals surface area contributed by atoms with Crippen molar-refractivity contribution in [3.63, 3.8) is 0 Å². The molecule has 0 bridgehead atoms. The first kappa shape index (κ1) is 9.65. The molecule has 0 N–H and O–H groups in total. The minimum absolute atomic E-state index is 0.606. The van der Waals surface area contributed by atoms with Gasteiger partial charge in [0, 0.05) is 0 Å². The molecule has 0 spiro atoms. The lowest BCUT2D eigenvalue weighted by Crippen LogP contribution is -2.29. The van der Waals surface area contributed by atoms with Gasteiger partial charge in [-0.3, -0.25) is 0 Å². The molecular formula is C8H8ClF3. The predicted molar refractivity (Wildman–Crippen MR) is 42.1 cm³/mol. The smallest absolute Gasteiger partial charge is 0.170 e. The van der Waals surface area contributed by atoms with Crippen LogP contribution in [0.25, 0.3) is 0 Å². The summed E-state index contributed by atoms with van der Waals surface area (Å²) in [5.74, 6) is -1.54. The number of hydrogen-bond acceptors (Lipinski definition) is 0. The highest BCUT2D eigenvalue weighted by Crippen LogP contribution is 2.35. The van der Waals surface area contributed by atoms with Crippen LogP contribution in [0.1, 0.15) is 6.92 Å². The summed E-state index contributed by atoms with van der Waals surface area (Å²) in [7, 11) is 0. The van der Waals surface area contributed by atoms with Crippen LogP contribution < -0.4 is 0 Å². The van der Waals surface area contributed by atoms with Crippen LogP contribution in [0.3, 0.4) is 0 Å². The maximum Gasteiger partial charge on any atom is 0.396 e. The molecule has 68 valence electrons. The molecule has 1 rings (SSSR count). The van der Waals surface area contributed by atoms with Crippen LogP contribution in [0.15, 0.2) is 23.8 Å². The van der Waals surface area contributed by atoms with Crippen LogP contribution in [-0.2, 0) is 0 Å². The third-order valence-electron chi connectivity index (χ3n) is 1.71. The second-order valence-electron chi connectivity index (χ2n) is 2.78. The molecule has 2 atom stereocenters. The maximum atomic E-state index is 12.2. The standard InChI is InChI=1S/C8H8ClF3/c1-5-2-3-7(9)6(4-5)8(10,11)12/h2-4,6-7H,1H3. The fourth-order valence-electron chi connectivity index (χ4n) is 1.07. The molecule has 0 heterocycles. The lowest BCUT2D eigenvalue weighted by Gasteiger charge is -2.22. The molecule has 1 aliphatic rings. The molecule has 0 aliphatic heterocycles. The van der Waals surface area contributed by atoms with Crippen LogP contribution in [0.4, 0.5) is 13.2 Å². The van der Waals surface area contributed by atoms with E-state index in [1.54, 1.807) is 13.0 Å². The third-order valence-corrected chi connectivity index (χ3v) is 2.12. The minimum atomic E-state index is -4.24. The highest BCUT2D eigenvalue weighted by molar-refractivity contribution is 6.22. The van der Waals surface area contributed by atoms with E-state index in [1.807, 2.05) is 0 Å². The highest BCUT2D eigenvalue weighted by Gasteiger charge is 2.42. The van der Waals surface area contributed by atoms with Crippen molar-refractivity contribution in [1.29, 1.82) is 0 Å². The van der Waals surface area contributed by atoms with Gasteiger partial charge in [0.05, 0.1) is 11.3 Å². The van der Waals surface area contributed by atoms with Crippen LogP contribution in [0.5, 0.6) is 0 Å². The topological polar surface area (TPSA) is 0 Å². The van der Waals surface area contributed by atoms with Crippen molar-refractivity contribution in [3.8, 4) is 0 Å². The summed E-state index contributed by atoms with van der Waals surface area (Å²) in [5, 5.41) is -0.964. The Morgan fingerprint density at radius 2 is 2.00 bits per heavy atom. The third kappa shape index (κ3) is 2.03. The number of rotatable bonds is 0. The fourth-order valence-corrected chi connectivity index (χ4v) is 1.36. The summed E-state index contributed by atoms with van der Waals surface area (Å²) in [6.07, 6.45) is -0.120. The summed E-state index contributed by atoms with van der Waals surface area (Å²) in [6.45, 7) is 1.62. The van der Waals surface area contributed by atoms with Gasteiger partial charge in [0.1, 0.15) is 0 Å². The molecule has 0 saturated heterocycles. The monoisotopic (exact) mass is 196 g/mol. The van der Waals surface area contributed by atoms with Crippen molar-refractivity contribution in [2.45, 2.75) is 18.5 Å². The Morgan fingerprint density at radius 1 is 1.42 bits per heavy atom. The van der Waals surface area contributed by atoms with Crippen molar-refractivity contribution in [1.82, 2.24) is 0 Å². The molecule has 1 aliphatic carbocycles. The predicted octanol–water partition coefficient (Wildman–Crippen LogP) is 3.29. The van der Waals surface area contributed by atoms with E-state index in [-0.39, 0.29) is 0 Å². The highest BCUT2D eigenvalue weighted by atomic mass is 35.5.